The Morgan fingerprint density at radius 1 is 1.24 bits per heavy atom. The lowest BCUT2D eigenvalue weighted by Gasteiger charge is -2.10. The predicted octanol–water partition coefficient (Wildman–Crippen LogP) is 4.65. The number of hydrogen-bond donors (Lipinski definition) is 0. The average molecular weight is 338 g/mol. The molecule has 5 heteroatoms. The first kappa shape index (κ1) is 15.6. The molecule has 0 spiro atoms. The van der Waals surface area contributed by atoms with Crippen LogP contribution in [0.5, 0.6) is 17.2 Å². The van der Waals surface area contributed by atoms with E-state index in [4.69, 9.17) is 18.6 Å². The topological polar surface area (TPSA) is 57.9 Å². The Bertz CT molecular complexity index is 954. The van der Waals surface area contributed by atoms with Crippen molar-refractivity contribution in [1.29, 1.82) is 0 Å². The number of rotatable bonds is 4. The van der Waals surface area contributed by atoms with Gasteiger partial charge in [0, 0.05) is 17.4 Å². The fourth-order valence-electron chi connectivity index (χ4n) is 3.11. The molecule has 25 heavy (non-hydrogen) atoms. The van der Waals surface area contributed by atoms with Crippen molar-refractivity contribution in [3.8, 4) is 17.2 Å². The molecule has 0 bridgehead atoms. The van der Waals surface area contributed by atoms with Gasteiger partial charge in [0.2, 0.25) is 0 Å². The summed E-state index contributed by atoms with van der Waals surface area (Å²) in [5.74, 6) is 2.22. The molecule has 0 unspecified atom stereocenters. The Labute approximate surface area is 145 Å². The molecule has 1 aromatic heterocycles. The summed E-state index contributed by atoms with van der Waals surface area (Å²) >= 11 is 0. The number of hydrogen-bond acceptors (Lipinski definition) is 5. The third-order valence-electron chi connectivity index (χ3n) is 4.22. The molecule has 0 saturated heterocycles. The van der Waals surface area contributed by atoms with E-state index in [0.717, 1.165) is 17.7 Å². The molecule has 4 rings (SSSR count). The molecular formula is C20H18O5. The van der Waals surface area contributed by atoms with Crippen LogP contribution in [0, 0.1) is 6.92 Å². The van der Waals surface area contributed by atoms with Gasteiger partial charge >= 0.3 is 5.97 Å². The van der Waals surface area contributed by atoms with Crippen molar-refractivity contribution in [3.05, 3.63) is 53.3 Å². The largest absolute Gasteiger partial charge is 0.489 e. The molecule has 128 valence electrons. The van der Waals surface area contributed by atoms with Crippen LogP contribution in [-0.2, 0) is 11.2 Å². The van der Waals surface area contributed by atoms with E-state index in [-0.39, 0.29) is 5.97 Å². The van der Waals surface area contributed by atoms with Gasteiger partial charge in [-0.25, -0.2) is 4.79 Å². The maximum absolute atomic E-state index is 12.2. The summed E-state index contributed by atoms with van der Waals surface area (Å²) in [6.45, 7) is 4.52. The molecule has 0 atom stereocenters. The van der Waals surface area contributed by atoms with Crippen LogP contribution in [0.25, 0.3) is 11.0 Å². The zero-order chi connectivity index (χ0) is 17.4. The quantitative estimate of drug-likeness (QED) is 0.648. The van der Waals surface area contributed by atoms with E-state index in [1.54, 1.807) is 26.0 Å². The number of benzene rings is 2. The zero-order valence-corrected chi connectivity index (χ0v) is 14.1. The van der Waals surface area contributed by atoms with Crippen molar-refractivity contribution in [2.75, 3.05) is 13.2 Å². The fourth-order valence-corrected chi connectivity index (χ4v) is 3.11. The maximum atomic E-state index is 12.2. The van der Waals surface area contributed by atoms with Gasteiger partial charge in [-0.05, 0) is 38.1 Å². The van der Waals surface area contributed by atoms with Gasteiger partial charge in [0.15, 0.2) is 11.5 Å². The Morgan fingerprint density at radius 3 is 2.96 bits per heavy atom. The van der Waals surface area contributed by atoms with Crippen LogP contribution in [0.4, 0.5) is 0 Å². The van der Waals surface area contributed by atoms with E-state index in [9.17, 15) is 4.79 Å². The number of carbonyl (C=O) groups is 1. The molecule has 2 aromatic carbocycles. The Balaban J connectivity index is 1.73. The first-order valence-corrected chi connectivity index (χ1v) is 8.30. The van der Waals surface area contributed by atoms with E-state index < -0.39 is 0 Å². The fraction of sp³-hybridized carbons (Fsp3) is 0.250. The number of fused-ring (bicyclic) bond motifs is 2. The van der Waals surface area contributed by atoms with Crippen LogP contribution in [0.2, 0.25) is 0 Å². The van der Waals surface area contributed by atoms with Crippen molar-refractivity contribution in [2.24, 2.45) is 0 Å². The molecule has 0 aliphatic carbocycles. The van der Waals surface area contributed by atoms with E-state index in [2.05, 4.69) is 0 Å². The van der Waals surface area contributed by atoms with Crippen LogP contribution in [0.15, 0.2) is 40.8 Å². The molecule has 3 aromatic rings. The molecule has 0 radical (unpaired) electrons. The Morgan fingerprint density at radius 2 is 2.12 bits per heavy atom. The highest BCUT2D eigenvalue weighted by molar-refractivity contribution is 6.04. The summed E-state index contributed by atoms with van der Waals surface area (Å²) in [7, 11) is 0. The highest BCUT2D eigenvalue weighted by Crippen LogP contribution is 2.39. The molecule has 0 saturated carbocycles. The van der Waals surface area contributed by atoms with E-state index in [1.807, 2.05) is 24.3 Å². The first-order chi connectivity index (χ1) is 12.2. The van der Waals surface area contributed by atoms with E-state index >= 15 is 0 Å². The van der Waals surface area contributed by atoms with E-state index in [0.29, 0.717) is 47.0 Å². The highest BCUT2D eigenvalue weighted by atomic mass is 16.5. The number of esters is 1. The van der Waals surface area contributed by atoms with Gasteiger partial charge in [0.25, 0.3) is 0 Å². The second-order valence-electron chi connectivity index (χ2n) is 5.86. The number of para-hydroxylation sites is 1. The minimum atomic E-state index is -0.389. The van der Waals surface area contributed by atoms with Crippen molar-refractivity contribution >= 4 is 16.9 Å². The zero-order valence-electron chi connectivity index (χ0n) is 14.1. The summed E-state index contributed by atoms with van der Waals surface area (Å²) in [4.78, 5) is 12.2. The SMILES string of the molecule is CCOC(=O)c1c(C)oc2ccc(Oc3cccc4c3OCC4)cc12. The van der Waals surface area contributed by atoms with Crippen molar-refractivity contribution in [2.45, 2.75) is 20.3 Å². The summed E-state index contributed by atoms with van der Waals surface area (Å²) in [6, 6.07) is 11.3. The van der Waals surface area contributed by atoms with Gasteiger partial charge in [-0.1, -0.05) is 12.1 Å². The molecule has 0 amide bonds. The van der Waals surface area contributed by atoms with Gasteiger partial charge in [-0.15, -0.1) is 0 Å². The first-order valence-electron chi connectivity index (χ1n) is 8.30. The van der Waals surface area contributed by atoms with Crippen LogP contribution in [0.3, 0.4) is 0 Å². The number of ether oxygens (including phenoxy) is 3. The van der Waals surface area contributed by atoms with Crippen molar-refractivity contribution in [3.63, 3.8) is 0 Å². The monoisotopic (exact) mass is 338 g/mol. The lowest BCUT2D eigenvalue weighted by Crippen LogP contribution is -2.05. The lowest BCUT2D eigenvalue weighted by molar-refractivity contribution is 0.0526. The molecule has 1 aliphatic heterocycles. The minimum absolute atomic E-state index is 0.314. The normalized spacial score (nSPS) is 12.7. The van der Waals surface area contributed by atoms with E-state index in [1.165, 1.54) is 0 Å². The molecule has 2 heterocycles. The number of aryl methyl sites for hydroxylation is 1. The summed E-state index contributed by atoms with van der Waals surface area (Å²) in [5, 5.41) is 0.682. The standard InChI is InChI=1S/C20H18O5/c1-3-22-20(21)18-12(2)24-16-8-7-14(11-15(16)18)25-17-6-4-5-13-9-10-23-19(13)17/h4-8,11H,3,9-10H2,1-2H3. The third-order valence-corrected chi connectivity index (χ3v) is 4.22. The summed E-state index contributed by atoms with van der Waals surface area (Å²) < 4.78 is 22.5. The third kappa shape index (κ3) is 2.71. The van der Waals surface area contributed by atoms with Crippen molar-refractivity contribution in [1.82, 2.24) is 0 Å². The molecule has 5 nitrogen and oxygen atoms in total. The van der Waals surface area contributed by atoms with Crippen LogP contribution in [-0.4, -0.2) is 19.2 Å². The molecular weight excluding hydrogens is 320 g/mol. The van der Waals surface area contributed by atoms with Gasteiger partial charge in [0.05, 0.1) is 13.2 Å². The summed E-state index contributed by atoms with van der Waals surface area (Å²) in [5.41, 5.74) is 2.21. The van der Waals surface area contributed by atoms with Crippen LogP contribution < -0.4 is 9.47 Å². The second-order valence-corrected chi connectivity index (χ2v) is 5.86. The van der Waals surface area contributed by atoms with Gasteiger partial charge in [0.1, 0.15) is 22.7 Å². The highest BCUT2D eigenvalue weighted by Gasteiger charge is 2.21. The second kappa shape index (κ2) is 6.16. The van der Waals surface area contributed by atoms with Crippen molar-refractivity contribution < 1.29 is 23.4 Å². The predicted molar refractivity (Wildman–Crippen MR) is 92.6 cm³/mol. The van der Waals surface area contributed by atoms with Gasteiger partial charge in [-0.3, -0.25) is 0 Å². The Hall–Kier alpha value is -2.95. The van der Waals surface area contributed by atoms with Crippen LogP contribution in [0.1, 0.15) is 28.6 Å². The maximum Gasteiger partial charge on any atom is 0.342 e. The van der Waals surface area contributed by atoms with Gasteiger partial charge < -0.3 is 18.6 Å². The summed E-state index contributed by atoms with van der Waals surface area (Å²) in [6.07, 6.45) is 0.888. The minimum Gasteiger partial charge on any atom is -0.489 e. The number of carbonyl (C=O) groups excluding carboxylic acids is 1. The Kier molecular flexibility index (Phi) is 3.84. The molecule has 0 N–H and O–H groups in total. The van der Waals surface area contributed by atoms with Gasteiger partial charge in [-0.2, -0.15) is 0 Å². The lowest BCUT2D eigenvalue weighted by atomic mass is 10.1. The van der Waals surface area contributed by atoms with Crippen LogP contribution >= 0.6 is 0 Å². The molecule has 1 aliphatic rings. The smallest absolute Gasteiger partial charge is 0.342 e. The average Bonchev–Trinajstić information content (AvgIpc) is 3.19. The number of furan rings is 1. The molecule has 0 fully saturated rings.